The third kappa shape index (κ3) is 5.09. The molecular weight excluding hydrogens is 216 g/mol. The van der Waals surface area contributed by atoms with E-state index >= 15 is 0 Å². The van der Waals surface area contributed by atoms with Crippen molar-refractivity contribution in [3.05, 3.63) is 11.5 Å². The van der Waals surface area contributed by atoms with E-state index in [0.29, 0.717) is 0 Å². The second kappa shape index (κ2) is 6.74. The predicted octanol–water partition coefficient (Wildman–Crippen LogP) is 1.69. The first-order chi connectivity index (χ1) is 7.22. The quantitative estimate of drug-likeness (QED) is 0.546. The van der Waals surface area contributed by atoms with Crippen LogP contribution in [0.2, 0.25) is 0 Å². The third-order valence-corrected chi connectivity index (χ3v) is 3.12. The summed E-state index contributed by atoms with van der Waals surface area (Å²) in [7, 11) is 1.28. The highest BCUT2D eigenvalue weighted by molar-refractivity contribution is 7.83. The van der Waals surface area contributed by atoms with E-state index in [0.717, 1.165) is 31.8 Å². The fourth-order valence-corrected chi connectivity index (χ4v) is 2.25. The van der Waals surface area contributed by atoms with Crippen molar-refractivity contribution in [1.29, 1.82) is 0 Å². The minimum atomic E-state index is -1.52. The number of hydrogen-bond acceptors (Lipinski definition) is 4. The van der Waals surface area contributed by atoms with Crippen LogP contribution in [0.25, 0.3) is 0 Å². The predicted molar refractivity (Wildman–Crippen MR) is 57.3 cm³/mol. The molecule has 0 radical (unpaired) electrons. The van der Waals surface area contributed by atoms with Crippen LogP contribution in [0.15, 0.2) is 11.5 Å². The van der Waals surface area contributed by atoms with Gasteiger partial charge in [-0.05, 0) is 12.8 Å². The molecule has 0 aromatic rings. The van der Waals surface area contributed by atoms with Crippen molar-refractivity contribution in [2.24, 2.45) is 0 Å². The van der Waals surface area contributed by atoms with E-state index < -0.39 is 17.0 Å². The molecule has 0 spiro atoms. The van der Waals surface area contributed by atoms with Crippen molar-refractivity contribution in [3.8, 4) is 0 Å². The Kier molecular flexibility index (Phi) is 5.57. The Hall–Kier alpha value is -0.680. The summed E-state index contributed by atoms with van der Waals surface area (Å²) in [6, 6.07) is 0. The molecule has 0 N–H and O–H groups in total. The summed E-state index contributed by atoms with van der Waals surface area (Å²) in [5.41, 5.74) is 0. The first-order valence-corrected chi connectivity index (χ1v) is 6.20. The van der Waals surface area contributed by atoms with Crippen LogP contribution in [0.5, 0.6) is 0 Å². The number of carbonyl (C=O) groups is 1. The molecule has 1 rings (SSSR count). The van der Waals surface area contributed by atoms with E-state index in [1.54, 1.807) is 0 Å². The van der Waals surface area contributed by atoms with Gasteiger partial charge in [-0.3, -0.25) is 4.18 Å². The Morgan fingerprint density at radius 3 is 2.60 bits per heavy atom. The molecule has 0 aromatic carbocycles. The van der Waals surface area contributed by atoms with Gasteiger partial charge in [0.15, 0.2) is 11.1 Å². The Morgan fingerprint density at radius 2 is 2.00 bits per heavy atom. The van der Waals surface area contributed by atoms with E-state index in [1.165, 1.54) is 18.9 Å². The normalized spacial score (nSPS) is 20.3. The molecule has 0 bridgehead atoms. The van der Waals surface area contributed by atoms with Crippen LogP contribution >= 0.6 is 0 Å². The Labute approximate surface area is 92.3 Å². The zero-order valence-electron chi connectivity index (χ0n) is 8.81. The van der Waals surface area contributed by atoms with E-state index in [-0.39, 0.29) is 6.10 Å². The lowest BCUT2D eigenvalue weighted by molar-refractivity contribution is -0.134. The van der Waals surface area contributed by atoms with Gasteiger partial charge in [0.05, 0.1) is 13.2 Å². The summed E-state index contributed by atoms with van der Waals surface area (Å²) in [5.74, 6) is -0.518. The molecule has 1 aliphatic rings. The van der Waals surface area contributed by atoms with Gasteiger partial charge in [0.25, 0.3) is 0 Å². The summed E-state index contributed by atoms with van der Waals surface area (Å²) < 4.78 is 21.0. The van der Waals surface area contributed by atoms with Crippen LogP contribution in [0.4, 0.5) is 0 Å². The van der Waals surface area contributed by atoms with Gasteiger partial charge in [-0.1, -0.05) is 19.3 Å². The summed E-state index contributed by atoms with van der Waals surface area (Å²) in [6.07, 6.45) is 6.59. The monoisotopic (exact) mass is 232 g/mol. The van der Waals surface area contributed by atoms with E-state index in [2.05, 4.69) is 4.74 Å². The molecule has 1 aliphatic carbocycles. The number of hydrogen-bond donors (Lipinski definition) is 0. The fraction of sp³-hybridized carbons (Fsp3) is 0.700. The zero-order chi connectivity index (χ0) is 11.1. The van der Waals surface area contributed by atoms with Crippen molar-refractivity contribution in [2.75, 3.05) is 7.11 Å². The largest absolute Gasteiger partial charge is 0.466 e. The summed E-state index contributed by atoms with van der Waals surface area (Å²) in [5, 5.41) is 1.22. The second-order valence-electron chi connectivity index (χ2n) is 3.44. The highest BCUT2D eigenvalue weighted by Gasteiger charge is 2.15. The second-order valence-corrected chi connectivity index (χ2v) is 4.43. The number of ether oxygens (including phenoxy) is 1. The molecule has 86 valence electrons. The summed E-state index contributed by atoms with van der Waals surface area (Å²) >= 11 is -1.52. The van der Waals surface area contributed by atoms with Crippen molar-refractivity contribution >= 4 is 17.0 Å². The van der Waals surface area contributed by atoms with Gasteiger partial charge in [-0.25, -0.2) is 9.00 Å². The van der Waals surface area contributed by atoms with Crippen LogP contribution < -0.4 is 0 Å². The Morgan fingerprint density at radius 1 is 1.33 bits per heavy atom. The molecule has 4 nitrogen and oxygen atoms in total. The van der Waals surface area contributed by atoms with Gasteiger partial charge in [0.1, 0.15) is 0 Å². The molecule has 0 amide bonds. The van der Waals surface area contributed by atoms with Gasteiger partial charge in [0, 0.05) is 11.5 Å². The lowest BCUT2D eigenvalue weighted by Gasteiger charge is -2.19. The molecule has 1 saturated carbocycles. The van der Waals surface area contributed by atoms with Gasteiger partial charge in [-0.2, -0.15) is 0 Å². The van der Waals surface area contributed by atoms with Crippen molar-refractivity contribution in [3.63, 3.8) is 0 Å². The first kappa shape index (κ1) is 12.4. The first-order valence-electron chi connectivity index (χ1n) is 5.06. The SMILES string of the molecule is COC(=O)/C=C/S(=O)OC1CCCCC1. The Balaban J connectivity index is 2.28. The number of rotatable bonds is 4. The van der Waals surface area contributed by atoms with Gasteiger partial charge < -0.3 is 4.74 Å². The maximum absolute atomic E-state index is 11.3. The average Bonchev–Trinajstić information content (AvgIpc) is 2.27. The molecule has 0 saturated heterocycles. The lowest BCUT2D eigenvalue weighted by atomic mass is 9.98. The minimum Gasteiger partial charge on any atom is -0.466 e. The maximum atomic E-state index is 11.3. The molecule has 5 heteroatoms. The molecule has 1 atom stereocenters. The number of esters is 1. The van der Waals surface area contributed by atoms with Crippen molar-refractivity contribution < 1.29 is 17.9 Å². The molecular formula is C10H16O4S. The Bertz CT molecular complexity index is 256. The topological polar surface area (TPSA) is 52.6 Å². The van der Waals surface area contributed by atoms with Crippen LogP contribution in [0, 0.1) is 0 Å². The summed E-state index contributed by atoms with van der Waals surface area (Å²) in [4.78, 5) is 10.7. The molecule has 0 aromatic heterocycles. The number of carbonyl (C=O) groups excluding carboxylic acids is 1. The van der Waals surface area contributed by atoms with Gasteiger partial charge in [0.2, 0.25) is 0 Å². The van der Waals surface area contributed by atoms with Crippen LogP contribution in [-0.2, 0) is 24.8 Å². The lowest BCUT2D eigenvalue weighted by Crippen LogP contribution is -2.17. The fourth-order valence-electron chi connectivity index (χ4n) is 1.51. The average molecular weight is 232 g/mol. The highest BCUT2D eigenvalue weighted by atomic mass is 32.2. The standard InChI is InChI=1S/C10H16O4S/c1-13-10(11)7-8-15(12)14-9-5-3-2-4-6-9/h7-9H,2-6H2,1H3/b8-7+. The van der Waals surface area contributed by atoms with E-state index in [4.69, 9.17) is 4.18 Å². The van der Waals surface area contributed by atoms with Crippen LogP contribution in [0.3, 0.4) is 0 Å². The maximum Gasteiger partial charge on any atom is 0.331 e. The van der Waals surface area contributed by atoms with Crippen LogP contribution in [0.1, 0.15) is 32.1 Å². The zero-order valence-corrected chi connectivity index (χ0v) is 9.63. The molecule has 1 fully saturated rings. The highest BCUT2D eigenvalue weighted by Crippen LogP contribution is 2.21. The smallest absolute Gasteiger partial charge is 0.331 e. The number of methoxy groups -OCH3 is 1. The molecule has 15 heavy (non-hydrogen) atoms. The van der Waals surface area contributed by atoms with Crippen molar-refractivity contribution in [2.45, 2.75) is 38.2 Å². The van der Waals surface area contributed by atoms with E-state index in [9.17, 15) is 9.00 Å². The van der Waals surface area contributed by atoms with Gasteiger partial charge in [-0.15, -0.1) is 0 Å². The summed E-state index contributed by atoms with van der Waals surface area (Å²) in [6.45, 7) is 0. The molecule has 1 unspecified atom stereocenters. The third-order valence-electron chi connectivity index (χ3n) is 2.30. The molecule has 0 heterocycles. The van der Waals surface area contributed by atoms with E-state index in [1.807, 2.05) is 0 Å². The minimum absolute atomic E-state index is 0.0712. The van der Waals surface area contributed by atoms with Crippen LogP contribution in [-0.4, -0.2) is 23.4 Å². The van der Waals surface area contributed by atoms with Crippen molar-refractivity contribution in [1.82, 2.24) is 0 Å². The molecule has 0 aliphatic heterocycles. The van der Waals surface area contributed by atoms with Gasteiger partial charge >= 0.3 is 5.97 Å².